The number of hydrogen-bond donors (Lipinski definition) is 1. The van der Waals surface area contributed by atoms with Gasteiger partial charge in [0.1, 0.15) is 0 Å². The Labute approximate surface area is 143 Å². The Bertz CT molecular complexity index is 797. The SMILES string of the molecule is Cc1ccc(CN(C)CC(=O)Nc2ccc(S(C)(=O)=O)cc2)cc1. The second-order valence-electron chi connectivity index (χ2n) is 6.00. The molecule has 2 aromatic rings. The summed E-state index contributed by atoms with van der Waals surface area (Å²) in [6, 6.07) is 14.4. The van der Waals surface area contributed by atoms with Crippen molar-refractivity contribution in [2.24, 2.45) is 0 Å². The van der Waals surface area contributed by atoms with Crippen LogP contribution in [0.3, 0.4) is 0 Å². The molecule has 0 fully saturated rings. The number of rotatable bonds is 6. The predicted molar refractivity (Wildman–Crippen MR) is 95.7 cm³/mol. The molecule has 2 aromatic carbocycles. The lowest BCUT2D eigenvalue weighted by Crippen LogP contribution is -2.29. The molecule has 24 heavy (non-hydrogen) atoms. The molecule has 0 atom stereocenters. The van der Waals surface area contributed by atoms with E-state index in [9.17, 15) is 13.2 Å². The average Bonchev–Trinajstić information content (AvgIpc) is 2.49. The van der Waals surface area contributed by atoms with Crippen LogP contribution in [0.1, 0.15) is 11.1 Å². The fourth-order valence-corrected chi connectivity index (χ4v) is 2.92. The molecule has 128 valence electrons. The minimum atomic E-state index is -3.23. The van der Waals surface area contributed by atoms with Gasteiger partial charge in [-0.3, -0.25) is 9.69 Å². The van der Waals surface area contributed by atoms with Gasteiger partial charge in [0.05, 0.1) is 11.4 Å². The summed E-state index contributed by atoms with van der Waals surface area (Å²) >= 11 is 0. The minimum Gasteiger partial charge on any atom is -0.325 e. The van der Waals surface area contributed by atoms with Crippen LogP contribution in [0.25, 0.3) is 0 Å². The molecule has 5 nitrogen and oxygen atoms in total. The van der Waals surface area contributed by atoms with Crippen molar-refractivity contribution >= 4 is 21.4 Å². The number of carbonyl (C=O) groups is 1. The summed E-state index contributed by atoms with van der Waals surface area (Å²) in [6.45, 7) is 2.97. The molecule has 0 bridgehead atoms. The summed E-state index contributed by atoms with van der Waals surface area (Å²) < 4.78 is 22.8. The Kier molecular flexibility index (Phi) is 5.75. The molecule has 0 heterocycles. The molecule has 0 aliphatic heterocycles. The van der Waals surface area contributed by atoms with Crippen LogP contribution in [0.2, 0.25) is 0 Å². The maximum Gasteiger partial charge on any atom is 0.238 e. The molecule has 0 radical (unpaired) electrons. The van der Waals surface area contributed by atoms with Crippen LogP contribution in [0, 0.1) is 6.92 Å². The zero-order chi connectivity index (χ0) is 17.7. The fraction of sp³-hybridized carbons (Fsp3) is 0.278. The number of carbonyl (C=O) groups excluding carboxylic acids is 1. The van der Waals surface area contributed by atoms with Gasteiger partial charge in [0, 0.05) is 18.5 Å². The molecule has 0 spiro atoms. The molecule has 1 amide bonds. The van der Waals surface area contributed by atoms with Crippen molar-refractivity contribution in [3.63, 3.8) is 0 Å². The highest BCUT2D eigenvalue weighted by molar-refractivity contribution is 7.90. The van der Waals surface area contributed by atoms with Gasteiger partial charge in [-0.15, -0.1) is 0 Å². The van der Waals surface area contributed by atoms with Gasteiger partial charge in [-0.05, 0) is 43.8 Å². The van der Waals surface area contributed by atoms with Crippen LogP contribution >= 0.6 is 0 Å². The topological polar surface area (TPSA) is 66.5 Å². The molecule has 0 unspecified atom stereocenters. The quantitative estimate of drug-likeness (QED) is 0.872. The van der Waals surface area contributed by atoms with Gasteiger partial charge in [0.15, 0.2) is 9.84 Å². The van der Waals surface area contributed by atoms with Crippen molar-refractivity contribution < 1.29 is 13.2 Å². The van der Waals surface area contributed by atoms with Crippen molar-refractivity contribution in [3.05, 3.63) is 59.7 Å². The second kappa shape index (κ2) is 7.59. The van der Waals surface area contributed by atoms with E-state index in [4.69, 9.17) is 0 Å². The summed E-state index contributed by atoms with van der Waals surface area (Å²) in [4.78, 5) is 14.2. The molecular formula is C18H22N2O3S. The second-order valence-corrected chi connectivity index (χ2v) is 8.02. The largest absolute Gasteiger partial charge is 0.325 e. The van der Waals surface area contributed by atoms with Gasteiger partial charge >= 0.3 is 0 Å². The van der Waals surface area contributed by atoms with Crippen LogP contribution in [0.5, 0.6) is 0 Å². The van der Waals surface area contributed by atoms with Gasteiger partial charge in [-0.25, -0.2) is 8.42 Å². The molecule has 0 aliphatic rings. The maximum atomic E-state index is 12.1. The zero-order valence-electron chi connectivity index (χ0n) is 14.1. The molecule has 0 aromatic heterocycles. The summed E-state index contributed by atoms with van der Waals surface area (Å²) in [5.74, 6) is -0.142. The monoisotopic (exact) mass is 346 g/mol. The third-order valence-corrected chi connectivity index (χ3v) is 4.68. The van der Waals surface area contributed by atoms with Crippen molar-refractivity contribution in [3.8, 4) is 0 Å². The molecule has 0 aliphatic carbocycles. The highest BCUT2D eigenvalue weighted by Crippen LogP contribution is 2.14. The lowest BCUT2D eigenvalue weighted by atomic mass is 10.1. The van der Waals surface area contributed by atoms with E-state index in [1.165, 1.54) is 17.7 Å². The van der Waals surface area contributed by atoms with E-state index >= 15 is 0 Å². The number of sulfone groups is 1. The highest BCUT2D eigenvalue weighted by Gasteiger charge is 2.09. The average molecular weight is 346 g/mol. The molecular weight excluding hydrogens is 324 g/mol. The van der Waals surface area contributed by atoms with E-state index in [1.807, 2.05) is 43.1 Å². The Morgan fingerprint density at radius 1 is 1.04 bits per heavy atom. The van der Waals surface area contributed by atoms with Gasteiger partial charge in [0.25, 0.3) is 0 Å². The number of nitrogens with zero attached hydrogens (tertiary/aromatic N) is 1. The Balaban J connectivity index is 1.89. The van der Waals surface area contributed by atoms with Crippen molar-refractivity contribution in [2.75, 3.05) is 25.2 Å². The lowest BCUT2D eigenvalue weighted by molar-refractivity contribution is -0.117. The number of benzene rings is 2. The van der Waals surface area contributed by atoms with E-state index in [2.05, 4.69) is 5.32 Å². The number of anilines is 1. The van der Waals surface area contributed by atoms with E-state index in [-0.39, 0.29) is 17.3 Å². The first kappa shape index (κ1) is 18.2. The standard InChI is InChI=1S/C18H22N2O3S/c1-14-4-6-15(7-5-14)12-20(2)13-18(21)19-16-8-10-17(11-9-16)24(3,22)23/h4-11H,12-13H2,1-3H3,(H,19,21). The molecule has 0 saturated carbocycles. The summed E-state index contributed by atoms with van der Waals surface area (Å²) in [5, 5.41) is 2.77. The predicted octanol–water partition coefficient (Wildman–Crippen LogP) is 2.47. The smallest absolute Gasteiger partial charge is 0.238 e. The van der Waals surface area contributed by atoms with Crippen LogP contribution in [-0.4, -0.2) is 39.1 Å². The number of likely N-dealkylation sites (N-methyl/N-ethyl adjacent to an activating group) is 1. The number of aryl methyl sites for hydroxylation is 1. The van der Waals surface area contributed by atoms with Gasteiger partial charge in [0.2, 0.25) is 5.91 Å². The van der Waals surface area contributed by atoms with Gasteiger partial charge < -0.3 is 5.32 Å². The number of hydrogen-bond acceptors (Lipinski definition) is 4. The molecule has 0 saturated heterocycles. The van der Waals surface area contributed by atoms with Crippen LogP contribution in [-0.2, 0) is 21.2 Å². The Morgan fingerprint density at radius 3 is 2.17 bits per heavy atom. The first-order chi connectivity index (χ1) is 11.2. The van der Waals surface area contributed by atoms with E-state index < -0.39 is 9.84 Å². The van der Waals surface area contributed by atoms with E-state index in [0.29, 0.717) is 12.2 Å². The number of nitrogens with one attached hydrogen (secondary N) is 1. The minimum absolute atomic E-state index is 0.142. The summed E-state index contributed by atoms with van der Waals surface area (Å²) in [7, 11) is -1.34. The van der Waals surface area contributed by atoms with Crippen molar-refractivity contribution in [1.82, 2.24) is 4.90 Å². The normalized spacial score (nSPS) is 11.5. The number of amides is 1. The third-order valence-electron chi connectivity index (χ3n) is 3.55. The van der Waals surface area contributed by atoms with Crippen LogP contribution in [0.15, 0.2) is 53.4 Å². The highest BCUT2D eigenvalue weighted by atomic mass is 32.2. The Morgan fingerprint density at radius 2 is 1.62 bits per heavy atom. The molecule has 2 rings (SSSR count). The Hall–Kier alpha value is -2.18. The fourth-order valence-electron chi connectivity index (χ4n) is 2.29. The summed E-state index contributed by atoms with van der Waals surface area (Å²) in [6.07, 6.45) is 1.15. The van der Waals surface area contributed by atoms with Gasteiger partial charge in [-0.1, -0.05) is 29.8 Å². The molecule has 6 heteroatoms. The first-order valence-electron chi connectivity index (χ1n) is 7.58. The lowest BCUT2D eigenvalue weighted by Gasteiger charge is -2.16. The third kappa shape index (κ3) is 5.47. The van der Waals surface area contributed by atoms with Gasteiger partial charge in [-0.2, -0.15) is 0 Å². The zero-order valence-corrected chi connectivity index (χ0v) is 14.9. The summed E-state index contributed by atoms with van der Waals surface area (Å²) in [5.41, 5.74) is 2.93. The molecule has 1 N–H and O–H groups in total. The van der Waals surface area contributed by atoms with Crippen LogP contribution < -0.4 is 5.32 Å². The van der Waals surface area contributed by atoms with E-state index in [0.717, 1.165) is 11.8 Å². The first-order valence-corrected chi connectivity index (χ1v) is 9.47. The van der Waals surface area contributed by atoms with E-state index in [1.54, 1.807) is 12.1 Å². The van der Waals surface area contributed by atoms with Crippen molar-refractivity contribution in [2.45, 2.75) is 18.4 Å². The van der Waals surface area contributed by atoms with Crippen molar-refractivity contribution in [1.29, 1.82) is 0 Å². The maximum absolute atomic E-state index is 12.1. The van der Waals surface area contributed by atoms with Crippen LogP contribution in [0.4, 0.5) is 5.69 Å².